The predicted molar refractivity (Wildman–Crippen MR) is 61.9 cm³/mol. The molecule has 0 radical (unpaired) electrons. The van der Waals surface area contributed by atoms with Crippen LogP contribution in [0.5, 0.6) is 0 Å². The molecule has 1 amide bonds. The van der Waals surface area contributed by atoms with Crippen LogP contribution in [0.25, 0.3) is 0 Å². The summed E-state index contributed by atoms with van der Waals surface area (Å²) >= 11 is 0. The van der Waals surface area contributed by atoms with Gasteiger partial charge in [0.2, 0.25) is 5.91 Å². The lowest BCUT2D eigenvalue weighted by atomic mass is 9.93. The monoisotopic (exact) mass is 226 g/mol. The molecule has 0 spiro atoms. The van der Waals surface area contributed by atoms with Crippen molar-refractivity contribution in [3.63, 3.8) is 0 Å². The first-order valence-electron chi connectivity index (χ1n) is 6.31. The smallest absolute Gasteiger partial charge is 0.240 e. The number of nitrogens with one attached hydrogen (secondary N) is 1. The first kappa shape index (κ1) is 11.9. The van der Waals surface area contributed by atoms with Crippen LogP contribution >= 0.6 is 0 Å². The van der Waals surface area contributed by atoms with Gasteiger partial charge in [-0.05, 0) is 44.1 Å². The maximum Gasteiger partial charge on any atom is 0.240 e. The molecule has 0 saturated heterocycles. The van der Waals surface area contributed by atoms with Crippen molar-refractivity contribution in [3.05, 3.63) is 0 Å². The molecule has 92 valence electrons. The zero-order chi connectivity index (χ0) is 11.6. The van der Waals surface area contributed by atoms with Crippen LogP contribution < -0.4 is 11.1 Å². The number of nitrogens with two attached hydrogens (primary N) is 1. The number of rotatable bonds is 8. The van der Waals surface area contributed by atoms with E-state index in [-0.39, 0.29) is 5.91 Å². The van der Waals surface area contributed by atoms with Gasteiger partial charge in [0.25, 0.3) is 0 Å². The van der Waals surface area contributed by atoms with E-state index < -0.39 is 5.54 Å². The molecule has 0 heterocycles. The van der Waals surface area contributed by atoms with Gasteiger partial charge in [0.15, 0.2) is 0 Å². The second kappa shape index (κ2) is 4.72. The number of carbonyl (C=O) groups is 1. The Bertz CT molecular complexity index is 262. The molecule has 2 aliphatic rings. The second-order valence-corrected chi connectivity index (χ2v) is 5.10. The van der Waals surface area contributed by atoms with E-state index in [0.29, 0.717) is 12.5 Å². The number of amides is 1. The number of likely N-dealkylation sites (N-methyl/N-ethyl adjacent to an activating group) is 1. The van der Waals surface area contributed by atoms with E-state index in [2.05, 4.69) is 5.32 Å². The van der Waals surface area contributed by atoms with Crippen LogP contribution in [0.2, 0.25) is 0 Å². The van der Waals surface area contributed by atoms with Crippen LogP contribution in [0.1, 0.15) is 32.6 Å². The van der Waals surface area contributed by atoms with E-state index in [1.165, 1.54) is 12.8 Å². The Morgan fingerprint density at radius 3 is 2.56 bits per heavy atom. The Morgan fingerprint density at radius 2 is 2.12 bits per heavy atom. The fourth-order valence-corrected chi connectivity index (χ4v) is 2.24. The van der Waals surface area contributed by atoms with E-state index in [1.54, 1.807) is 0 Å². The fourth-order valence-electron chi connectivity index (χ4n) is 2.24. The highest BCUT2D eigenvalue weighted by atomic mass is 16.5. The molecule has 2 rings (SSSR count). The number of ether oxygens (including phenoxy) is 1. The molecular weight excluding hydrogens is 204 g/mol. The largest absolute Gasteiger partial charge is 0.379 e. The third kappa shape index (κ3) is 2.55. The minimum Gasteiger partial charge on any atom is -0.379 e. The zero-order valence-electron chi connectivity index (χ0n) is 10.00. The lowest BCUT2D eigenvalue weighted by Crippen LogP contribution is -2.60. The first-order valence-corrected chi connectivity index (χ1v) is 6.31. The average Bonchev–Trinajstić information content (AvgIpc) is 3.09. The summed E-state index contributed by atoms with van der Waals surface area (Å²) in [5, 5.41) is 3.25. The number of primary amides is 1. The third-order valence-corrected chi connectivity index (χ3v) is 3.59. The van der Waals surface area contributed by atoms with E-state index in [1.807, 2.05) is 6.92 Å². The van der Waals surface area contributed by atoms with E-state index in [4.69, 9.17) is 10.5 Å². The molecule has 0 aromatic carbocycles. The van der Waals surface area contributed by atoms with Gasteiger partial charge in [0.05, 0.1) is 6.61 Å². The lowest BCUT2D eigenvalue weighted by molar-refractivity contribution is -0.128. The van der Waals surface area contributed by atoms with Crippen LogP contribution in [-0.2, 0) is 9.53 Å². The van der Waals surface area contributed by atoms with Crippen molar-refractivity contribution >= 4 is 5.91 Å². The molecule has 16 heavy (non-hydrogen) atoms. The van der Waals surface area contributed by atoms with Crippen LogP contribution in [0.15, 0.2) is 0 Å². The molecule has 0 aliphatic heterocycles. The van der Waals surface area contributed by atoms with Crippen molar-refractivity contribution in [1.29, 1.82) is 0 Å². The summed E-state index contributed by atoms with van der Waals surface area (Å²) in [5.74, 6) is 0.850. The van der Waals surface area contributed by atoms with Gasteiger partial charge in [0, 0.05) is 6.61 Å². The van der Waals surface area contributed by atoms with Crippen LogP contribution in [0, 0.1) is 11.8 Å². The van der Waals surface area contributed by atoms with Crippen molar-refractivity contribution in [2.24, 2.45) is 17.6 Å². The van der Waals surface area contributed by atoms with Gasteiger partial charge in [-0.15, -0.1) is 0 Å². The molecule has 2 saturated carbocycles. The van der Waals surface area contributed by atoms with Gasteiger partial charge >= 0.3 is 0 Å². The topological polar surface area (TPSA) is 64.3 Å². The summed E-state index contributed by atoms with van der Waals surface area (Å²) in [6.07, 6.45) is 4.72. The van der Waals surface area contributed by atoms with Crippen molar-refractivity contribution < 1.29 is 9.53 Å². The number of hydrogen-bond donors (Lipinski definition) is 2. The SMILES string of the molecule is CCNC(COCC1CC1)(C(N)=O)C1CC1. The van der Waals surface area contributed by atoms with Crippen molar-refractivity contribution in [2.75, 3.05) is 19.8 Å². The molecule has 3 N–H and O–H groups in total. The summed E-state index contributed by atoms with van der Waals surface area (Å²) in [6, 6.07) is 0. The highest BCUT2D eigenvalue weighted by molar-refractivity contribution is 5.85. The van der Waals surface area contributed by atoms with Gasteiger partial charge in [-0.3, -0.25) is 4.79 Å². The molecule has 2 fully saturated rings. The molecule has 0 aromatic rings. The molecule has 4 nitrogen and oxygen atoms in total. The minimum atomic E-state index is -0.607. The standard InChI is InChI=1S/C12H22N2O2/c1-2-14-12(11(13)15,10-5-6-10)8-16-7-9-3-4-9/h9-10,14H,2-8H2,1H3,(H2,13,15). The molecule has 4 heteroatoms. The fraction of sp³-hybridized carbons (Fsp3) is 0.917. The van der Waals surface area contributed by atoms with E-state index in [0.717, 1.165) is 31.9 Å². The average molecular weight is 226 g/mol. The number of carbonyl (C=O) groups excluding carboxylic acids is 1. The molecule has 1 unspecified atom stereocenters. The van der Waals surface area contributed by atoms with Gasteiger partial charge in [-0.2, -0.15) is 0 Å². The van der Waals surface area contributed by atoms with Gasteiger partial charge in [-0.25, -0.2) is 0 Å². The maximum absolute atomic E-state index is 11.7. The zero-order valence-corrected chi connectivity index (χ0v) is 10.00. The third-order valence-electron chi connectivity index (χ3n) is 3.59. The summed E-state index contributed by atoms with van der Waals surface area (Å²) in [5.41, 5.74) is 4.94. The normalized spacial score (nSPS) is 24.1. The summed E-state index contributed by atoms with van der Waals surface area (Å²) in [7, 11) is 0. The summed E-state index contributed by atoms with van der Waals surface area (Å²) in [6.45, 7) is 3.98. The Kier molecular flexibility index (Phi) is 3.50. The van der Waals surface area contributed by atoms with Gasteiger partial charge < -0.3 is 15.8 Å². The first-order chi connectivity index (χ1) is 7.69. The van der Waals surface area contributed by atoms with Gasteiger partial charge in [0.1, 0.15) is 5.54 Å². The van der Waals surface area contributed by atoms with Crippen molar-refractivity contribution in [1.82, 2.24) is 5.32 Å². The predicted octanol–water partition coefficient (Wildman–Crippen LogP) is 0.657. The van der Waals surface area contributed by atoms with E-state index in [9.17, 15) is 4.79 Å². The van der Waals surface area contributed by atoms with E-state index >= 15 is 0 Å². The quantitative estimate of drug-likeness (QED) is 0.639. The maximum atomic E-state index is 11.7. The second-order valence-electron chi connectivity index (χ2n) is 5.10. The Balaban J connectivity index is 1.90. The van der Waals surface area contributed by atoms with Crippen LogP contribution in [0.3, 0.4) is 0 Å². The molecule has 1 atom stereocenters. The summed E-state index contributed by atoms with van der Waals surface area (Å²) < 4.78 is 5.67. The molecule has 0 aromatic heterocycles. The molecule has 2 aliphatic carbocycles. The van der Waals surface area contributed by atoms with Crippen molar-refractivity contribution in [2.45, 2.75) is 38.1 Å². The number of hydrogen-bond acceptors (Lipinski definition) is 3. The Morgan fingerprint density at radius 1 is 1.44 bits per heavy atom. The highest BCUT2D eigenvalue weighted by Crippen LogP contribution is 2.40. The van der Waals surface area contributed by atoms with Crippen LogP contribution in [-0.4, -0.2) is 31.2 Å². The Labute approximate surface area is 96.9 Å². The van der Waals surface area contributed by atoms with Crippen LogP contribution in [0.4, 0.5) is 0 Å². The molecule has 0 bridgehead atoms. The minimum absolute atomic E-state index is 0.257. The van der Waals surface area contributed by atoms with Crippen molar-refractivity contribution in [3.8, 4) is 0 Å². The lowest BCUT2D eigenvalue weighted by Gasteiger charge is -2.31. The molecular formula is C12H22N2O2. The van der Waals surface area contributed by atoms with Gasteiger partial charge in [-0.1, -0.05) is 6.92 Å². The Hall–Kier alpha value is -0.610. The summed E-state index contributed by atoms with van der Waals surface area (Å²) in [4.78, 5) is 11.7. The highest BCUT2D eigenvalue weighted by Gasteiger charge is 2.49.